The van der Waals surface area contributed by atoms with Gasteiger partial charge in [-0.15, -0.1) is 0 Å². The molecule has 1 unspecified atom stereocenters. The highest BCUT2D eigenvalue weighted by Crippen LogP contribution is 2.69. The standard InChI is InChI=1S/C25H34O6/c1-4-5-21-30-20-11-17-16-7-6-14-10-15(27)8-9-23(14,2)22(16)18(28)12-24(17,3)25(20,31-21)19(29)13-26/h8-10,16-18,20-22,26,28H,4-7,11-13H2,1-3H3/t16-,17-,18-,20+,21?,22+,23-,24-,25+/m0/s1/i6D2,10D,13D2. The topological polar surface area (TPSA) is 93.1 Å². The first-order valence-corrected chi connectivity index (χ1v) is 11.3. The number of hydrogen-bond donors (Lipinski definition) is 2. The molecule has 0 spiro atoms. The molecule has 5 rings (SSSR count). The summed E-state index contributed by atoms with van der Waals surface area (Å²) < 4.78 is 54.2. The third kappa shape index (κ3) is 2.65. The minimum Gasteiger partial charge on any atom is -0.393 e. The predicted molar refractivity (Wildman–Crippen MR) is 113 cm³/mol. The van der Waals surface area contributed by atoms with Gasteiger partial charge in [0.2, 0.25) is 0 Å². The Balaban J connectivity index is 1.64. The molecular weight excluding hydrogens is 396 g/mol. The fourth-order valence-corrected chi connectivity index (χ4v) is 7.51. The monoisotopic (exact) mass is 435 g/mol. The van der Waals surface area contributed by atoms with Crippen molar-refractivity contribution in [2.75, 3.05) is 6.56 Å². The molecule has 1 heterocycles. The Morgan fingerprint density at radius 3 is 2.94 bits per heavy atom. The SMILES string of the molecule is [2H]C1=C2C([2H])([2H])C[C@@H]3[C@H]([C@@H](O)C[C@@]4(C)[C@H]3C[C@H]3OC(CCC)O[C@]34C(=O)C([2H])([2H])O)[C@@]2(C)C=CC1=O. The number of allylic oxidation sites excluding steroid dienone is 4. The molecule has 9 atom stereocenters. The maximum Gasteiger partial charge on any atom is 0.193 e. The molecule has 31 heavy (non-hydrogen) atoms. The van der Waals surface area contributed by atoms with Crippen LogP contribution in [0.3, 0.4) is 0 Å². The van der Waals surface area contributed by atoms with Crippen LogP contribution < -0.4 is 0 Å². The quantitative estimate of drug-likeness (QED) is 0.705. The van der Waals surface area contributed by atoms with Crippen LogP contribution in [0, 0.1) is 28.6 Å². The number of aliphatic hydroxyl groups excluding tert-OH is 1. The van der Waals surface area contributed by atoms with Crippen LogP contribution in [-0.4, -0.2) is 52.4 Å². The van der Waals surface area contributed by atoms with Gasteiger partial charge < -0.3 is 19.7 Å². The average Bonchev–Trinajstić information content (AvgIpc) is 3.21. The van der Waals surface area contributed by atoms with Crippen molar-refractivity contribution in [3.63, 3.8) is 0 Å². The van der Waals surface area contributed by atoms with Gasteiger partial charge in [-0.05, 0) is 56.0 Å². The second-order valence-electron chi connectivity index (χ2n) is 10.2. The van der Waals surface area contributed by atoms with Crippen molar-refractivity contribution in [3.8, 4) is 0 Å². The van der Waals surface area contributed by atoms with Crippen LogP contribution in [0.4, 0.5) is 0 Å². The second-order valence-corrected chi connectivity index (χ2v) is 10.2. The number of aliphatic hydroxyl groups is 2. The van der Waals surface area contributed by atoms with Crippen molar-refractivity contribution in [3.05, 3.63) is 23.8 Å². The van der Waals surface area contributed by atoms with Gasteiger partial charge in [-0.1, -0.05) is 38.8 Å². The second kappa shape index (κ2) is 7.08. The maximum atomic E-state index is 13.6. The summed E-state index contributed by atoms with van der Waals surface area (Å²) in [6, 6.07) is -0.374. The highest BCUT2D eigenvalue weighted by atomic mass is 16.7. The summed E-state index contributed by atoms with van der Waals surface area (Å²) in [7, 11) is 0. The lowest BCUT2D eigenvalue weighted by Gasteiger charge is -2.59. The minimum absolute atomic E-state index is 0.0420. The van der Waals surface area contributed by atoms with E-state index < -0.39 is 77.2 Å². The maximum absolute atomic E-state index is 13.6. The lowest BCUT2D eigenvalue weighted by molar-refractivity contribution is -0.200. The van der Waals surface area contributed by atoms with E-state index in [9.17, 15) is 19.8 Å². The van der Waals surface area contributed by atoms with Crippen molar-refractivity contribution >= 4 is 11.6 Å². The molecule has 6 nitrogen and oxygen atoms in total. The minimum atomic E-state index is -3.18. The van der Waals surface area contributed by atoms with Crippen molar-refractivity contribution in [2.45, 2.75) is 83.3 Å². The van der Waals surface area contributed by atoms with Gasteiger partial charge >= 0.3 is 0 Å². The van der Waals surface area contributed by atoms with Gasteiger partial charge in [-0.25, -0.2) is 0 Å². The van der Waals surface area contributed by atoms with Gasteiger partial charge in [0.1, 0.15) is 6.56 Å². The molecule has 6 heteroatoms. The number of hydrogen-bond acceptors (Lipinski definition) is 6. The largest absolute Gasteiger partial charge is 0.393 e. The van der Waals surface area contributed by atoms with E-state index in [-0.39, 0.29) is 30.9 Å². The first-order valence-electron chi connectivity index (χ1n) is 13.8. The molecule has 0 aromatic heterocycles. The van der Waals surface area contributed by atoms with E-state index in [1.165, 1.54) is 6.08 Å². The Kier molecular flexibility index (Phi) is 3.72. The fraction of sp³-hybridized carbons (Fsp3) is 0.760. The number of rotatable bonds is 4. The molecule has 0 aromatic carbocycles. The van der Waals surface area contributed by atoms with Crippen LogP contribution in [0.15, 0.2) is 23.8 Å². The highest BCUT2D eigenvalue weighted by molar-refractivity contribution is 6.01. The Bertz CT molecular complexity index is 1070. The Labute approximate surface area is 190 Å². The molecular formula is C25H34O6. The van der Waals surface area contributed by atoms with Gasteiger partial charge in [-0.3, -0.25) is 9.59 Å². The van der Waals surface area contributed by atoms with Crippen LogP contribution in [-0.2, 0) is 19.1 Å². The molecule has 0 bridgehead atoms. The van der Waals surface area contributed by atoms with Crippen molar-refractivity contribution in [2.24, 2.45) is 28.6 Å². The molecule has 4 aliphatic carbocycles. The number of fused-ring (bicyclic) bond motifs is 7. The fourth-order valence-electron chi connectivity index (χ4n) is 7.51. The van der Waals surface area contributed by atoms with Crippen molar-refractivity contribution in [1.29, 1.82) is 0 Å². The Hall–Kier alpha value is -1.34. The Morgan fingerprint density at radius 2 is 2.23 bits per heavy atom. The summed E-state index contributed by atoms with van der Waals surface area (Å²) in [4.78, 5) is 25.9. The average molecular weight is 436 g/mol. The highest BCUT2D eigenvalue weighted by Gasteiger charge is 2.75. The van der Waals surface area contributed by atoms with E-state index in [1.54, 1.807) is 19.9 Å². The third-order valence-corrected chi connectivity index (χ3v) is 8.79. The zero-order valence-electron chi connectivity index (χ0n) is 23.2. The summed E-state index contributed by atoms with van der Waals surface area (Å²) in [5.41, 5.74) is -3.97. The van der Waals surface area contributed by atoms with Crippen molar-refractivity contribution in [1.82, 2.24) is 0 Å². The number of carbonyl (C=O) groups excluding carboxylic acids is 2. The molecule has 0 aromatic rings. The van der Waals surface area contributed by atoms with E-state index in [0.717, 1.165) is 0 Å². The zero-order valence-corrected chi connectivity index (χ0v) is 18.2. The number of carbonyl (C=O) groups is 2. The molecule has 0 radical (unpaired) electrons. The molecule has 170 valence electrons. The van der Waals surface area contributed by atoms with E-state index in [0.29, 0.717) is 12.8 Å². The van der Waals surface area contributed by atoms with Crippen LogP contribution in [0.25, 0.3) is 0 Å². The first kappa shape index (κ1) is 16.3. The normalized spacial score (nSPS) is 55.1. The molecule has 3 saturated carbocycles. The van der Waals surface area contributed by atoms with Gasteiger partial charge in [-0.2, -0.15) is 0 Å². The molecule has 1 saturated heterocycles. The van der Waals surface area contributed by atoms with E-state index in [2.05, 4.69) is 0 Å². The van der Waals surface area contributed by atoms with Gasteiger partial charge in [0.15, 0.2) is 23.5 Å². The molecule has 2 N–H and O–H groups in total. The zero-order chi connectivity index (χ0) is 26.6. The molecule has 5 aliphatic rings. The molecule has 1 aliphatic heterocycles. The number of ketones is 2. The third-order valence-electron chi connectivity index (χ3n) is 8.79. The van der Waals surface area contributed by atoms with Crippen LogP contribution >= 0.6 is 0 Å². The van der Waals surface area contributed by atoms with Gasteiger partial charge in [0.05, 0.1) is 16.3 Å². The van der Waals surface area contributed by atoms with Gasteiger partial charge in [0.25, 0.3) is 0 Å². The number of Topliss-reactive ketones (excluding diaryl/α,β-unsaturated/α-hetero) is 1. The Morgan fingerprint density at radius 1 is 1.45 bits per heavy atom. The summed E-state index contributed by atoms with van der Waals surface area (Å²) in [6.07, 6.45) is -0.322. The summed E-state index contributed by atoms with van der Waals surface area (Å²) in [5, 5.41) is 21.8. The lowest BCUT2D eigenvalue weighted by atomic mass is 9.46. The van der Waals surface area contributed by atoms with E-state index in [4.69, 9.17) is 16.3 Å². The van der Waals surface area contributed by atoms with E-state index in [1.807, 2.05) is 6.92 Å². The molecule has 0 amide bonds. The summed E-state index contributed by atoms with van der Waals surface area (Å²) in [5.74, 6) is -3.07. The number of ether oxygens (including phenoxy) is 2. The molecule has 4 fully saturated rings. The van der Waals surface area contributed by atoms with Crippen LogP contribution in [0.5, 0.6) is 0 Å². The van der Waals surface area contributed by atoms with Crippen LogP contribution in [0.1, 0.15) is 66.1 Å². The lowest BCUT2D eigenvalue weighted by Crippen LogP contribution is -2.63. The van der Waals surface area contributed by atoms with Gasteiger partial charge in [0, 0.05) is 19.5 Å². The summed E-state index contributed by atoms with van der Waals surface area (Å²) in [6.45, 7) is 2.27. The smallest absolute Gasteiger partial charge is 0.193 e. The van der Waals surface area contributed by atoms with E-state index >= 15 is 0 Å². The van der Waals surface area contributed by atoms with Crippen LogP contribution in [0.2, 0.25) is 0 Å². The first-order chi connectivity index (χ1) is 16.5. The van der Waals surface area contributed by atoms with Crippen molar-refractivity contribution < 1.29 is 36.1 Å². The predicted octanol–water partition coefficient (Wildman–Crippen LogP) is 2.72. The summed E-state index contributed by atoms with van der Waals surface area (Å²) >= 11 is 0.